The highest BCUT2D eigenvalue weighted by molar-refractivity contribution is 6.76. The minimum atomic E-state index is -1.09. The van der Waals surface area contributed by atoms with Crippen molar-refractivity contribution in [1.29, 1.82) is 0 Å². The van der Waals surface area contributed by atoms with E-state index in [1.54, 1.807) is 12.4 Å². The predicted octanol–water partition coefficient (Wildman–Crippen LogP) is 3.34. The Morgan fingerprint density at radius 1 is 1.33 bits per heavy atom. The first-order valence-electron chi connectivity index (χ1n) is 8.28. The topological polar surface area (TPSA) is 79.9 Å². The average Bonchev–Trinajstić information content (AvgIpc) is 2.84. The molecule has 0 saturated heterocycles. The Morgan fingerprint density at radius 2 is 2.04 bits per heavy atom. The second kappa shape index (κ2) is 7.02. The zero-order valence-electron chi connectivity index (χ0n) is 15.5. The number of carbonyl (C=O) groups excluding carboxylic acids is 1. The van der Waals surface area contributed by atoms with Gasteiger partial charge in [-0.3, -0.25) is 4.79 Å². The maximum atomic E-state index is 12.4. The summed E-state index contributed by atoms with van der Waals surface area (Å²) in [6.07, 6.45) is 3.35. The van der Waals surface area contributed by atoms with Crippen molar-refractivity contribution in [2.75, 3.05) is 6.61 Å². The summed E-state index contributed by atoms with van der Waals surface area (Å²) in [4.78, 5) is 24.3. The van der Waals surface area contributed by atoms with E-state index in [0.29, 0.717) is 23.3 Å². The number of amides is 1. The number of nitrogens with zero attached hydrogens (tertiary/aromatic N) is 2. The molecule has 132 valence electrons. The molecule has 0 saturated carbocycles. The largest absolute Gasteiger partial charge is 0.375 e. The number of hydrogen-bond acceptors (Lipinski definition) is 4. The number of H-pyrrole nitrogens is 1. The molecule has 2 rings (SSSR count). The number of fused-ring (bicyclic) bond motifs is 1. The molecule has 0 spiro atoms. The summed E-state index contributed by atoms with van der Waals surface area (Å²) < 4.78 is 5.72. The number of aromatic nitrogens is 3. The van der Waals surface area contributed by atoms with Gasteiger partial charge in [0.25, 0.3) is 5.91 Å². The molecule has 24 heavy (non-hydrogen) atoms. The molecule has 0 atom stereocenters. The molecule has 0 fully saturated rings. The zero-order valence-corrected chi connectivity index (χ0v) is 16.5. The van der Waals surface area contributed by atoms with Crippen molar-refractivity contribution in [3.63, 3.8) is 0 Å². The molecule has 7 heteroatoms. The van der Waals surface area contributed by atoms with Gasteiger partial charge in [-0.05, 0) is 26.8 Å². The number of aromatic amines is 1. The van der Waals surface area contributed by atoms with Crippen LogP contribution < -0.4 is 5.32 Å². The smallest absolute Gasteiger partial charge is 0.255 e. The van der Waals surface area contributed by atoms with Crippen LogP contribution in [-0.4, -0.2) is 41.1 Å². The monoisotopic (exact) mass is 348 g/mol. The molecule has 2 N–H and O–H groups in total. The predicted molar refractivity (Wildman–Crippen MR) is 98.9 cm³/mol. The minimum absolute atomic E-state index is 0.153. The fourth-order valence-electron chi connectivity index (χ4n) is 2.13. The molecular formula is C17H28N4O2Si. The standard InChI is InChI=1S/C17H28N4O2Si/c1-17(2,3)21-16(22)13-10-19-15-14(13)20-12(9-18-15)11-23-7-8-24(4,5)6/h9-10H,7-8,11H2,1-6H3,(H,18,19)(H,21,22). The first-order chi connectivity index (χ1) is 11.1. The van der Waals surface area contributed by atoms with E-state index in [-0.39, 0.29) is 11.4 Å². The van der Waals surface area contributed by atoms with E-state index in [9.17, 15) is 4.79 Å². The van der Waals surface area contributed by atoms with Gasteiger partial charge in [-0.25, -0.2) is 9.97 Å². The summed E-state index contributed by atoms with van der Waals surface area (Å²) >= 11 is 0. The van der Waals surface area contributed by atoms with E-state index in [1.165, 1.54) is 0 Å². The lowest BCUT2D eigenvalue weighted by Crippen LogP contribution is -2.40. The van der Waals surface area contributed by atoms with Gasteiger partial charge in [-0.15, -0.1) is 0 Å². The Kier molecular flexibility index (Phi) is 5.44. The molecular weight excluding hydrogens is 320 g/mol. The molecule has 2 aromatic rings. The quantitative estimate of drug-likeness (QED) is 0.620. The van der Waals surface area contributed by atoms with Crippen LogP contribution in [0.5, 0.6) is 0 Å². The molecule has 2 aromatic heterocycles. The highest BCUT2D eigenvalue weighted by atomic mass is 28.3. The third-order valence-electron chi connectivity index (χ3n) is 3.41. The molecule has 6 nitrogen and oxygen atoms in total. The van der Waals surface area contributed by atoms with Crippen LogP contribution >= 0.6 is 0 Å². The lowest BCUT2D eigenvalue weighted by atomic mass is 10.1. The van der Waals surface area contributed by atoms with Crippen molar-refractivity contribution >= 4 is 25.1 Å². The second-order valence-electron chi connectivity index (χ2n) is 8.33. The van der Waals surface area contributed by atoms with Crippen LogP contribution in [-0.2, 0) is 11.3 Å². The average molecular weight is 349 g/mol. The van der Waals surface area contributed by atoms with Crippen LogP contribution in [0.25, 0.3) is 11.2 Å². The van der Waals surface area contributed by atoms with Crippen molar-refractivity contribution in [3.8, 4) is 0 Å². The summed E-state index contributed by atoms with van der Waals surface area (Å²) in [5, 5.41) is 2.95. The summed E-state index contributed by atoms with van der Waals surface area (Å²) in [6.45, 7) is 14.0. The molecule has 1 amide bonds. The fraction of sp³-hybridized carbons (Fsp3) is 0.588. The van der Waals surface area contributed by atoms with Gasteiger partial charge in [-0.1, -0.05) is 19.6 Å². The lowest BCUT2D eigenvalue weighted by Gasteiger charge is -2.20. The Bertz CT molecular complexity index is 713. The lowest BCUT2D eigenvalue weighted by molar-refractivity contribution is 0.0921. The zero-order chi connectivity index (χ0) is 18.0. The molecule has 0 bridgehead atoms. The number of carbonyl (C=O) groups is 1. The Hall–Kier alpha value is -1.73. The van der Waals surface area contributed by atoms with E-state index in [4.69, 9.17) is 4.74 Å². The van der Waals surface area contributed by atoms with Gasteiger partial charge in [0.1, 0.15) is 5.52 Å². The van der Waals surface area contributed by atoms with Crippen molar-refractivity contribution in [2.45, 2.75) is 58.6 Å². The third-order valence-corrected chi connectivity index (χ3v) is 5.11. The summed E-state index contributed by atoms with van der Waals surface area (Å²) in [6, 6.07) is 1.12. The van der Waals surface area contributed by atoms with E-state index < -0.39 is 8.07 Å². The van der Waals surface area contributed by atoms with Crippen LogP contribution in [0.4, 0.5) is 0 Å². The highest BCUT2D eigenvalue weighted by Crippen LogP contribution is 2.16. The van der Waals surface area contributed by atoms with Gasteiger partial charge in [0.15, 0.2) is 5.65 Å². The van der Waals surface area contributed by atoms with Crippen LogP contribution in [0.15, 0.2) is 12.4 Å². The summed E-state index contributed by atoms with van der Waals surface area (Å²) in [5.41, 5.74) is 2.15. The van der Waals surface area contributed by atoms with Gasteiger partial charge in [0.2, 0.25) is 0 Å². The minimum Gasteiger partial charge on any atom is -0.375 e. The van der Waals surface area contributed by atoms with Gasteiger partial charge in [-0.2, -0.15) is 0 Å². The molecule has 0 aliphatic carbocycles. The SMILES string of the molecule is CC(C)(C)NC(=O)c1c[nH]c2ncc(COCC[Si](C)(C)C)nc12. The maximum absolute atomic E-state index is 12.4. The van der Waals surface area contributed by atoms with Crippen molar-refractivity contribution in [1.82, 2.24) is 20.3 Å². The third kappa shape index (κ3) is 5.42. The van der Waals surface area contributed by atoms with Crippen LogP contribution in [0.1, 0.15) is 36.8 Å². The molecule has 2 heterocycles. The van der Waals surface area contributed by atoms with Gasteiger partial charge < -0.3 is 15.0 Å². The Balaban J connectivity index is 2.09. The highest BCUT2D eigenvalue weighted by Gasteiger charge is 2.20. The van der Waals surface area contributed by atoms with E-state index in [1.807, 2.05) is 20.8 Å². The normalized spacial score (nSPS) is 12.6. The van der Waals surface area contributed by atoms with Crippen molar-refractivity contribution in [3.05, 3.63) is 23.7 Å². The first-order valence-corrected chi connectivity index (χ1v) is 12.0. The van der Waals surface area contributed by atoms with Crippen molar-refractivity contribution in [2.24, 2.45) is 0 Å². The van der Waals surface area contributed by atoms with Gasteiger partial charge >= 0.3 is 0 Å². The number of nitrogens with one attached hydrogen (secondary N) is 2. The van der Waals surface area contributed by atoms with Gasteiger partial charge in [0.05, 0.1) is 24.1 Å². The summed E-state index contributed by atoms with van der Waals surface area (Å²) in [7, 11) is -1.09. The van der Waals surface area contributed by atoms with E-state index >= 15 is 0 Å². The Morgan fingerprint density at radius 3 is 2.67 bits per heavy atom. The number of rotatable bonds is 6. The van der Waals surface area contributed by atoms with Crippen LogP contribution in [0.3, 0.4) is 0 Å². The first kappa shape index (κ1) is 18.6. The van der Waals surface area contributed by atoms with Crippen LogP contribution in [0, 0.1) is 0 Å². The number of ether oxygens (including phenoxy) is 1. The van der Waals surface area contributed by atoms with E-state index in [0.717, 1.165) is 18.3 Å². The van der Waals surface area contributed by atoms with Gasteiger partial charge in [0, 0.05) is 26.4 Å². The van der Waals surface area contributed by atoms with E-state index in [2.05, 4.69) is 39.9 Å². The molecule has 0 radical (unpaired) electrons. The van der Waals surface area contributed by atoms with Crippen LogP contribution in [0.2, 0.25) is 25.7 Å². The molecule has 0 aromatic carbocycles. The second-order valence-corrected chi connectivity index (χ2v) is 13.9. The Labute approximate surface area is 144 Å². The maximum Gasteiger partial charge on any atom is 0.255 e. The number of hydrogen-bond donors (Lipinski definition) is 2. The fourth-order valence-corrected chi connectivity index (χ4v) is 2.89. The molecule has 0 aliphatic rings. The van der Waals surface area contributed by atoms with Crippen molar-refractivity contribution < 1.29 is 9.53 Å². The molecule has 0 unspecified atom stereocenters. The molecule has 0 aliphatic heterocycles. The summed E-state index contributed by atoms with van der Waals surface area (Å²) in [5.74, 6) is -0.153.